The van der Waals surface area contributed by atoms with E-state index in [0.29, 0.717) is 10.6 Å². The van der Waals surface area contributed by atoms with Gasteiger partial charge >= 0.3 is 6.09 Å². The van der Waals surface area contributed by atoms with Gasteiger partial charge in [-0.05, 0) is 37.4 Å². The van der Waals surface area contributed by atoms with Gasteiger partial charge in [0.2, 0.25) is 0 Å². The van der Waals surface area contributed by atoms with Gasteiger partial charge < -0.3 is 10.1 Å². The van der Waals surface area contributed by atoms with Crippen molar-refractivity contribution in [2.45, 2.75) is 13.8 Å². The number of imide groups is 1. The Hall–Kier alpha value is -2.67. The van der Waals surface area contributed by atoms with Gasteiger partial charge in [0.05, 0.1) is 12.2 Å². The molecule has 1 heterocycles. The van der Waals surface area contributed by atoms with Crippen LogP contribution in [0.15, 0.2) is 35.7 Å². The Bertz CT molecular complexity index is 722. The monoisotopic (exact) mass is 332 g/mol. The smallest absolute Gasteiger partial charge is 0.414 e. The first-order chi connectivity index (χ1) is 11.0. The zero-order valence-electron chi connectivity index (χ0n) is 12.7. The predicted octanol–water partition coefficient (Wildman–Crippen LogP) is 3.20. The number of hydrogen-bond acceptors (Lipinski definition) is 5. The van der Waals surface area contributed by atoms with Crippen LogP contribution >= 0.6 is 11.3 Å². The highest BCUT2D eigenvalue weighted by molar-refractivity contribution is 7.14. The quantitative estimate of drug-likeness (QED) is 0.900. The number of alkyl carbamates (subject to hydrolysis) is 1. The summed E-state index contributed by atoms with van der Waals surface area (Å²) in [6.07, 6.45) is -0.820. The van der Waals surface area contributed by atoms with Crippen LogP contribution in [0.25, 0.3) is 0 Å². The van der Waals surface area contributed by atoms with Gasteiger partial charge in [-0.2, -0.15) is 0 Å². The van der Waals surface area contributed by atoms with E-state index in [-0.39, 0.29) is 18.1 Å². The number of benzene rings is 1. The van der Waals surface area contributed by atoms with Gasteiger partial charge in [-0.1, -0.05) is 17.7 Å². The fourth-order valence-electron chi connectivity index (χ4n) is 1.79. The lowest BCUT2D eigenvalue weighted by atomic mass is 10.1. The molecule has 0 atom stereocenters. The Labute approximate surface area is 137 Å². The zero-order chi connectivity index (χ0) is 16.8. The first kappa shape index (κ1) is 16.7. The van der Waals surface area contributed by atoms with Crippen molar-refractivity contribution >= 4 is 34.2 Å². The first-order valence-electron chi connectivity index (χ1n) is 6.95. The number of aryl methyl sites for hydroxylation is 1. The third-order valence-electron chi connectivity index (χ3n) is 2.94. The molecule has 2 N–H and O–H groups in total. The van der Waals surface area contributed by atoms with Crippen molar-refractivity contribution in [2.24, 2.45) is 0 Å². The second-order valence-electron chi connectivity index (χ2n) is 4.66. The molecule has 0 aliphatic heterocycles. The van der Waals surface area contributed by atoms with E-state index in [2.05, 4.69) is 15.4 Å². The van der Waals surface area contributed by atoms with Gasteiger partial charge in [0, 0.05) is 5.56 Å². The number of ether oxygens (including phenoxy) is 1. The highest BCUT2D eigenvalue weighted by Gasteiger charge is 2.18. The SMILES string of the molecule is CCOC(=O)NC(=O)c1ccsc1NC(=O)c1ccc(C)cc1. The summed E-state index contributed by atoms with van der Waals surface area (Å²) in [6, 6.07) is 8.60. The summed E-state index contributed by atoms with van der Waals surface area (Å²) in [6.45, 7) is 3.74. The largest absolute Gasteiger partial charge is 0.450 e. The molecule has 2 rings (SSSR count). The van der Waals surface area contributed by atoms with Gasteiger partial charge in [-0.25, -0.2) is 4.79 Å². The summed E-state index contributed by atoms with van der Waals surface area (Å²) in [5, 5.41) is 6.81. The molecule has 2 aromatic rings. The molecule has 0 unspecified atom stereocenters. The third kappa shape index (κ3) is 4.40. The minimum Gasteiger partial charge on any atom is -0.450 e. The molecule has 0 aliphatic rings. The van der Waals surface area contributed by atoms with Crippen LogP contribution in [0.1, 0.15) is 33.2 Å². The molecule has 1 aromatic heterocycles. The van der Waals surface area contributed by atoms with E-state index in [1.165, 1.54) is 17.4 Å². The standard InChI is InChI=1S/C16H16N2O4S/c1-3-22-16(21)18-14(20)12-8-9-23-15(12)17-13(19)11-6-4-10(2)5-7-11/h4-9H,3H2,1-2H3,(H,17,19)(H,18,20,21). The average molecular weight is 332 g/mol. The molecule has 120 valence electrons. The summed E-state index contributed by atoms with van der Waals surface area (Å²) in [7, 11) is 0. The van der Waals surface area contributed by atoms with E-state index in [1.54, 1.807) is 24.4 Å². The van der Waals surface area contributed by atoms with Crippen molar-refractivity contribution in [1.29, 1.82) is 0 Å². The molecule has 23 heavy (non-hydrogen) atoms. The zero-order valence-corrected chi connectivity index (χ0v) is 13.5. The lowest BCUT2D eigenvalue weighted by Crippen LogP contribution is -2.31. The highest BCUT2D eigenvalue weighted by atomic mass is 32.1. The van der Waals surface area contributed by atoms with Crippen LogP contribution in [0.4, 0.5) is 9.80 Å². The van der Waals surface area contributed by atoms with Crippen molar-refractivity contribution in [2.75, 3.05) is 11.9 Å². The number of thiophene rings is 1. The maximum atomic E-state index is 12.2. The Morgan fingerprint density at radius 2 is 1.78 bits per heavy atom. The van der Waals surface area contributed by atoms with E-state index in [4.69, 9.17) is 0 Å². The molecule has 7 heteroatoms. The number of carbonyl (C=O) groups excluding carboxylic acids is 3. The molecule has 6 nitrogen and oxygen atoms in total. The number of rotatable bonds is 4. The molecule has 0 saturated heterocycles. The summed E-state index contributed by atoms with van der Waals surface area (Å²) in [5.41, 5.74) is 1.75. The maximum Gasteiger partial charge on any atom is 0.414 e. The Morgan fingerprint density at radius 3 is 2.43 bits per heavy atom. The molecule has 0 saturated carbocycles. The van der Waals surface area contributed by atoms with Crippen LogP contribution in [0.3, 0.4) is 0 Å². The maximum absolute atomic E-state index is 12.2. The van der Waals surface area contributed by atoms with Crippen LogP contribution in [-0.2, 0) is 4.74 Å². The van der Waals surface area contributed by atoms with Crippen molar-refractivity contribution in [3.63, 3.8) is 0 Å². The predicted molar refractivity (Wildman–Crippen MR) is 87.9 cm³/mol. The summed E-state index contributed by atoms with van der Waals surface area (Å²) in [5.74, 6) is -0.943. The second-order valence-corrected chi connectivity index (χ2v) is 5.57. The lowest BCUT2D eigenvalue weighted by Gasteiger charge is -2.07. The van der Waals surface area contributed by atoms with E-state index in [0.717, 1.165) is 5.56 Å². The normalized spacial score (nSPS) is 10.0. The molecule has 0 radical (unpaired) electrons. The van der Waals surface area contributed by atoms with Crippen LogP contribution in [0.5, 0.6) is 0 Å². The average Bonchev–Trinajstić information content (AvgIpc) is 2.96. The third-order valence-corrected chi connectivity index (χ3v) is 3.77. The fraction of sp³-hybridized carbons (Fsp3) is 0.188. The number of carbonyl (C=O) groups is 3. The molecular weight excluding hydrogens is 316 g/mol. The molecule has 0 bridgehead atoms. The highest BCUT2D eigenvalue weighted by Crippen LogP contribution is 2.24. The Balaban J connectivity index is 2.08. The minimum atomic E-state index is -0.820. The number of hydrogen-bond donors (Lipinski definition) is 2. The summed E-state index contributed by atoms with van der Waals surface area (Å²) >= 11 is 1.20. The fourth-order valence-corrected chi connectivity index (χ4v) is 2.57. The van der Waals surface area contributed by atoms with Gasteiger partial charge in [-0.15, -0.1) is 11.3 Å². The number of amides is 3. The minimum absolute atomic E-state index is 0.166. The van der Waals surface area contributed by atoms with Gasteiger partial charge in [0.1, 0.15) is 5.00 Å². The first-order valence-corrected chi connectivity index (χ1v) is 7.83. The Kier molecular flexibility index (Phi) is 5.48. The van der Waals surface area contributed by atoms with Gasteiger partial charge in [0.15, 0.2) is 0 Å². The van der Waals surface area contributed by atoms with Gasteiger partial charge in [0.25, 0.3) is 11.8 Å². The van der Waals surface area contributed by atoms with Crippen LogP contribution in [0, 0.1) is 6.92 Å². The molecule has 3 amide bonds. The van der Waals surface area contributed by atoms with Gasteiger partial charge in [-0.3, -0.25) is 14.9 Å². The molecule has 0 fully saturated rings. The lowest BCUT2D eigenvalue weighted by molar-refractivity contribution is 0.0926. The Morgan fingerprint density at radius 1 is 1.09 bits per heavy atom. The van der Waals surface area contributed by atoms with Crippen LogP contribution in [-0.4, -0.2) is 24.5 Å². The molecule has 0 spiro atoms. The summed E-state index contributed by atoms with van der Waals surface area (Å²) < 4.78 is 4.66. The molecule has 0 aliphatic carbocycles. The van der Waals surface area contributed by atoms with Crippen molar-refractivity contribution in [3.05, 3.63) is 52.4 Å². The van der Waals surface area contributed by atoms with Crippen LogP contribution < -0.4 is 10.6 Å². The van der Waals surface area contributed by atoms with E-state index in [1.807, 2.05) is 19.1 Å². The number of nitrogens with one attached hydrogen (secondary N) is 2. The van der Waals surface area contributed by atoms with Crippen molar-refractivity contribution in [1.82, 2.24) is 5.32 Å². The van der Waals surface area contributed by atoms with Crippen molar-refractivity contribution < 1.29 is 19.1 Å². The van der Waals surface area contributed by atoms with E-state index in [9.17, 15) is 14.4 Å². The number of anilines is 1. The van der Waals surface area contributed by atoms with E-state index >= 15 is 0 Å². The van der Waals surface area contributed by atoms with Crippen LogP contribution in [0.2, 0.25) is 0 Å². The second kappa shape index (κ2) is 7.55. The van der Waals surface area contributed by atoms with E-state index < -0.39 is 12.0 Å². The summed E-state index contributed by atoms with van der Waals surface area (Å²) in [4.78, 5) is 35.5. The molecular formula is C16H16N2O4S. The molecule has 1 aromatic carbocycles. The van der Waals surface area contributed by atoms with Crippen molar-refractivity contribution in [3.8, 4) is 0 Å². The topological polar surface area (TPSA) is 84.5 Å².